The number of Topliss-reactive ketones (excluding diaryl/α,β-unsaturated/α-hetero) is 2. The molecule has 2 saturated carbocycles. The summed E-state index contributed by atoms with van der Waals surface area (Å²) < 4.78 is 51.9. The van der Waals surface area contributed by atoms with Crippen molar-refractivity contribution >= 4 is 23.2 Å². The van der Waals surface area contributed by atoms with Crippen LogP contribution in [0, 0.1) is 28.5 Å². The zero-order chi connectivity index (χ0) is 20.4. The molecule has 4 nitrogen and oxygen atoms in total. The van der Waals surface area contributed by atoms with E-state index in [1.807, 2.05) is 13.8 Å². The van der Waals surface area contributed by atoms with Gasteiger partial charge < -0.3 is 5.32 Å². The van der Waals surface area contributed by atoms with Crippen LogP contribution in [0.1, 0.15) is 39.2 Å². The number of anilines is 1. The first-order chi connectivity index (χ1) is 12.3. The Hall–Kier alpha value is -2.25. The highest BCUT2D eigenvalue weighted by atomic mass is 19.4. The Morgan fingerprint density at radius 1 is 1.19 bits per heavy atom. The van der Waals surface area contributed by atoms with Gasteiger partial charge >= 0.3 is 6.18 Å². The SMILES string of the molecule is CC1(C)C2CC[C@]1(C)C(=O)C(C(=O)Nc1ccc(F)c(C(F)(F)F)c1)C2=O. The van der Waals surface area contributed by atoms with Crippen molar-refractivity contribution in [2.24, 2.45) is 22.7 Å². The van der Waals surface area contributed by atoms with Crippen LogP contribution in [0.4, 0.5) is 23.2 Å². The summed E-state index contributed by atoms with van der Waals surface area (Å²) in [6.07, 6.45) is -3.96. The minimum atomic E-state index is -4.93. The number of carbonyl (C=O) groups excluding carboxylic acids is 3. The highest BCUT2D eigenvalue weighted by Gasteiger charge is 2.66. The quantitative estimate of drug-likeness (QED) is 0.618. The van der Waals surface area contributed by atoms with Gasteiger partial charge in [0.15, 0.2) is 17.5 Å². The van der Waals surface area contributed by atoms with E-state index in [1.165, 1.54) is 0 Å². The minimum Gasteiger partial charge on any atom is -0.325 e. The van der Waals surface area contributed by atoms with Gasteiger partial charge in [0.2, 0.25) is 5.91 Å². The molecule has 8 heteroatoms. The Bertz CT molecular complexity index is 846. The van der Waals surface area contributed by atoms with E-state index in [9.17, 15) is 31.9 Å². The third-order valence-electron chi connectivity index (χ3n) is 6.46. The molecule has 3 atom stereocenters. The summed E-state index contributed by atoms with van der Waals surface area (Å²) in [7, 11) is 0. The van der Waals surface area contributed by atoms with Gasteiger partial charge in [-0.25, -0.2) is 4.39 Å². The standard InChI is InChI=1S/C19H19F4NO3/c1-17(2)10-6-7-18(17,3)15(26)13(14(10)25)16(27)24-9-4-5-12(20)11(8-9)19(21,22)23/h4-5,8,10,13H,6-7H2,1-3H3,(H,24,27)/t10?,13?,18-/m1/s1. The van der Waals surface area contributed by atoms with Crippen LogP contribution in [0.5, 0.6) is 0 Å². The fourth-order valence-corrected chi connectivity index (χ4v) is 4.37. The highest BCUT2D eigenvalue weighted by Crippen LogP contribution is 2.61. The van der Waals surface area contributed by atoms with Crippen molar-refractivity contribution in [3.63, 3.8) is 0 Å². The van der Waals surface area contributed by atoms with E-state index in [0.29, 0.717) is 25.0 Å². The topological polar surface area (TPSA) is 63.2 Å². The number of ketones is 2. The van der Waals surface area contributed by atoms with Crippen molar-refractivity contribution in [2.45, 2.75) is 39.8 Å². The lowest BCUT2D eigenvalue weighted by Gasteiger charge is -2.46. The van der Waals surface area contributed by atoms with E-state index >= 15 is 0 Å². The molecular formula is C19H19F4NO3. The molecule has 1 N–H and O–H groups in total. The van der Waals surface area contributed by atoms with Crippen LogP contribution < -0.4 is 5.32 Å². The van der Waals surface area contributed by atoms with Crippen molar-refractivity contribution in [1.82, 2.24) is 0 Å². The van der Waals surface area contributed by atoms with Crippen LogP contribution in [0.25, 0.3) is 0 Å². The molecule has 2 aliphatic rings. The molecule has 1 amide bonds. The van der Waals surface area contributed by atoms with Crippen LogP contribution in [0.2, 0.25) is 0 Å². The molecule has 0 radical (unpaired) electrons. The Balaban J connectivity index is 1.90. The summed E-state index contributed by atoms with van der Waals surface area (Å²) in [5.41, 5.74) is -3.29. The number of halogens is 4. The first kappa shape index (κ1) is 19.5. The Morgan fingerprint density at radius 2 is 1.81 bits per heavy atom. The molecule has 1 aromatic rings. The zero-order valence-electron chi connectivity index (χ0n) is 15.0. The first-order valence-electron chi connectivity index (χ1n) is 8.56. The number of alkyl halides is 3. The molecule has 0 aromatic heterocycles. The molecule has 27 heavy (non-hydrogen) atoms. The Labute approximate surface area is 153 Å². The molecule has 1 aromatic carbocycles. The van der Waals surface area contributed by atoms with Gasteiger partial charge in [0, 0.05) is 17.0 Å². The van der Waals surface area contributed by atoms with Gasteiger partial charge in [0.1, 0.15) is 5.82 Å². The lowest BCUT2D eigenvalue weighted by atomic mass is 9.55. The Kier molecular flexibility index (Phi) is 4.24. The summed E-state index contributed by atoms with van der Waals surface area (Å²) >= 11 is 0. The van der Waals surface area contributed by atoms with E-state index in [2.05, 4.69) is 5.32 Å². The van der Waals surface area contributed by atoms with E-state index in [1.54, 1.807) is 6.92 Å². The van der Waals surface area contributed by atoms with Crippen molar-refractivity contribution < 1.29 is 31.9 Å². The maximum Gasteiger partial charge on any atom is 0.419 e. The number of fused-ring (bicyclic) bond motifs is 2. The molecule has 2 aliphatic carbocycles. The van der Waals surface area contributed by atoms with Gasteiger partial charge in [-0.1, -0.05) is 20.8 Å². The van der Waals surface area contributed by atoms with E-state index in [-0.39, 0.29) is 5.69 Å². The predicted molar refractivity (Wildman–Crippen MR) is 88.1 cm³/mol. The Morgan fingerprint density at radius 3 is 2.41 bits per heavy atom. The number of hydrogen-bond acceptors (Lipinski definition) is 3. The minimum absolute atomic E-state index is 0.323. The monoisotopic (exact) mass is 385 g/mol. The second-order valence-corrected chi connectivity index (χ2v) is 8.03. The summed E-state index contributed by atoms with van der Waals surface area (Å²) in [5, 5.41) is 2.18. The number of amides is 1. The molecule has 2 bridgehead atoms. The number of carbonyl (C=O) groups is 3. The van der Waals surface area contributed by atoms with E-state index in [0.717, 1.165) is 6.07 Å². The molecule has 0 aliphatic heterocycles. The zero-order valence-corrected chi connectivity index (χ0v) is 15.0. The van der Waals surface area contributed by atoms with Crippen LogP contribution in [-0.2, 0) is 20.6 Å². The number of nitrogens with one attached hydrogen (secondary N) is 1. The van der Waals surface area contributed by atoms with E-state index in [4.69, 9.17) is 0 Å². The number of hydrogen-bond donors (Lipinski definition) is 1. The number of rotatable bonds is 2. The molecule has 3 rings (SSSR count). The van der Waals surface area contributed by atoms with Crippen LogP contribution in [0.15, 0.2) is 18.2 Å². The van der Waals surface area contributed by atoms with Crippen molar-refractivity contribution in [2.75, 3.05) is 5.32 Å². The van der Waals surface area contributed by atoms with Gasteiger partial charge in [0.05, 0.1) is 5.56 Å². The normalized spacial score (nSPS) is 29.7. The molecule has 2 unspecified atom stereocenters. The second-order valence-electron chi connectivity index (χ2n) is 8.03. The maximum atomic E-state index is 13.4. The molecule has 2 fully saturated rings. The van der Waals surface area contributed by atoms with Crippen LogP contribution in [-0.4, -0.2) is 17.5 Å². The average molecular weight is 385 g/mol. The first-order valence-corrected chi connectivity index (χ1v) is 8.56. The van der Waals surface area contributed by atoms with Crippen molar-refractivity contribution in [1.29, 1.82) is 0 Å². The summed E-state index contributed by atoms with van der Waals surface area (Å²) in [4.78, 5) is 38.2. The summed E-state index contributed by atoms with van der Waals surface area (Å²) in [6, 6.07) is 1.99. The molecule has 146 valence electrons. The summed E-state index contributed by atoms with van der Waals surface area (Å²) in [5.74, 6) is -5.49. The van der Waals surface area contributed by atoms with Crippen molar-refractivity contribution in [3.8, 4) is 0 Å². The molecular weight excluding hydrogens is 366 g/mol. The predicted octanol–water partition coefficient (Wildman–Crippen LogP) is 3.99. The van der Waals surface area contributed by atoms with Gasteiger partial charge in [-0.2, -0.15) is 13.2 Å². The van der Waals surface area contributed by atoms with Gasteiger partial charge in [-0.15, -0.1) is 0 Å². The van der Waals surface area contributed by atoms with Gasteiger partial charge in [-0.05, 0) is 36.5 Å². The molecule has 0 saturated heterocycles. The fourth-order valence-electron chi connectivity index (χ4n) is 4.37. The third kappa shape index (κ3) is 2.76. The third-order valence-corrected chi connectivity index (χ3v) is 6.46. The lowest BCUT2D eigenvalue weighted by molar-refractivity contribution is -0.156. The molecule has 0 heterocycles. The molecule has 0 spiro atoms. The largest absolute Gasteiger partial charge is 0.419 e. The van der Waals surface area contributed by atoms with Gasteiger partial charge in [0.25, 0.3) is 0 Å². The van der Waals surface area contributed by atoms with Crippen LogP contribution in [0.3, 0.4) is 0 Å². The average Bonchev–Trinajstić information content (AvgIpc) is 2.72. The smallest absolute Gasteiger partial charge is 0.325 e. The maximum absolute atomic E-state index is 13.4. The van der Waals surface area contributed by atoms with Crippen LogP contribution >= 0.6 is 0 Å². The van der Waals surface area contributed by atoms with Crippen molar-refractivity contribution in [3.05, 3.63) is 29.6 Å². The highest BCUT2D eigenvalue weighted by molar-refractivity contribution is 6.25. The lowest BCUT2D eigenvalue weighted by Crippen LogP contribution is -2.56. The number of benzene rings is 1. The second kappa shape index (κ2) is 5.87. The van der Waals surface area contributed by atoms with Gasteiger partial charge in [-0.3, -0.25) is 14.4 Å². The fraction of sp³-hybridized carbons (Fsp3) is 0.526. The van der Waals surface area contributed by atoms with E-state index < -0.39 is 57.7 Å². The summed E-state index contributed by atoms with van der Waals surface area (Å²) in [6.45, 7) is 5.37.